The van der Waals surface area contributed by atoms with Crippen LogP contribution in [0.5, 0.6) is 0 Å². The van der Waals surface area contributed by atoms with Crippen molar-refractivity contribution in [3.8, 4) is 0 Å². The van der Waals surface area contributed by atoms with Crippen LogP contribution in [0.4, 0.5) is 5.82 Å². The molecule has 7 heteroatoms. The van der Waals surface area contributed by atoms with Gasteiger partial charge in [0.25, 0.3) is 5.91 Å². The molecule has 3 heterocycles. The Morgan fingerprint density at radius 2 is 1.68 bits per heavy atom. The average Bonchev–Trinajstić information content (AvgIpc) is 3.35. The van der Waals surface area contributed by atoms with Crippen LogP contribution in [0.15, 0.2) is 66.9 Å². The van der Waals surface area contributed by atoms with E-state index in [-0.39, 0.29) is 23.5 Å². The molecule has 1 fully saturated rings. The smallest absolute Gasteiger partial charge is 0.312 e. The summed E-state index contributed by atoms with van der Waals surface area (Å²) in [5.74, 6) is 0.556. The number of hydrogen-bond donors (Lipinski definition) is 1. The molecular weight excluding hydrogens is 464 g/mol. The molecule has 1 amide bonds. The van der Waals surface area contributed by atoms with Crippen molar-refractivity contribution in [2.24, 2.45) is 5.41 Å². The van der Waals surface area contributed by atoms with Gasteiger partial charge in [-0.25, -0.2) is 4.68 Å². The molecule has 0 spiro atoms. The Labute approximate surface area is 218 Å². The normalized spacial score (nSPS) is 20.0. The van der Waals surface area contributed by atoms with Gasteiger partial charge in [0.05, 0.1) is 29.8 Å². The highest BCUT2D eigenvalue weighted by molar-refractivity contribution is 5.99. The number of anilines is 1. The molecule has 3 aromatic rings. The van der Waals surface area contributed by atoms with E-state index in [9.17, 15) is 9.59 Å². The predicted octanol–water partition coefficient (Wildman–Crippen LogP) is 5.20. The summed E-state index contributed by atoms with van der Waals surface area (Å²) in [4.78, 5) is 28.7. The van der Waals surface area contributed by atoms with E-state index >= 15 is 0 Å². The number of fused-ring (bicyclic) bond motifs is 1. The maximum atomic E-state index is 13.8. The molecule has 1 aromatic heterocycles. The van der Waals surface area contributed by atoms with Crippen molar-refractivity contribution in [3.05, 3.63) is 83.6 Å². The Morgan fingerprint density at radius 3 is 2.32 bits per heavy atom. The molecule has 7 nitrogen and oxygen atoms in total. The second kappa shape index (κ2) is 10.0. The third kappa shape index (κ3) is 4.87. The van der Waals surface area contributed by atoms with Gasteiger partial charge in [-0.2, -0.15) is 5.10 Å². The molecule has 1 unspecified atom stereocenters. The molecule has 0 radical (unpaired) electrons. The van der Waals surface area contributed by atoms with E-state index < -0.39 is 5.41 Å². The van der Waals surface area contributed by atoms with Crippen molar-refractivity contribution >= 4 is 17.7 Å². The van der Waals surface area contributed by atoms with E-state index in [0.717, 1.165) is 17.8 Å². The number of hydrogen-bond acceptors (Lipinski definition) is 5. The van der Waals surface area contributed by atoms with Gasteiger partial charge in [0.15, 0.2) is 0 Å². The standard InChI is InChI=1S/C30H36N4O3/c1-4-37-28(36)30(19-22-11-7-5-8-12-22)15-17-33(18-16-30)27(35)24-21-31-34-26(24)32-25(20-29(34,2)3)23-13-9-6-10-14-23/h5-14,21,25,32H,4,15-20H2,1-3H3. The third-order valence-electron chi connectivity index (χ3n) is 7.89. The molecule has 194 valence electrons. The Balaban J connectivity index is 1.36. The molecule has 1 N–H and O–H groups in total. The van der Waals surface area contributed by atoms with Crippen molar-refractivity contribution in [2.75, 3.05) is 25.0 Å². The van der Waals surface area contributed by atoms with Gasteiger partial charge >= 0.3 is 5.97 Å². The van der Waals surface area contributed by atoms with Gasteiger partial charge in [0.2, 0.25) is 0 Å². The number of aromatic nitrogens is 2. The fourth-order valence-electron chi connectivity index (χ4n) is 5.82. The van der Waals surface area contributed by atoms with Gasteiger partial charge in [0.1, 0.15) is 11.4 Å². The summed E-state index contributed by atoms with van der Waals surface area (Å²) < 4.78 is 7.46. The van der Waals surface area contributed by atoms with Crippen molar-refractivity contribution < 1.29 is 14.3 Å². The van der Waals surface area contributed by atoms with Crippen LogP contribution in [0.2, 0.25) is 0 Å². The largest absolute Gasteiger partial charge is 0.466 e. The lowest BCUT2D eigenvalue weighted by Crippen LogP contribution is -2.48. The number of esters is 1. The Kier molecular flexibility index (Phi) is 6.80. The zero-order chi connectivity index (χ0) is 26.0. The first-order chi connectivity index (χ1) is 17.8. The van der Waals surface area contributed by atoms with Crippen molar-refractivity contribution in [1.82, 2.24) is 14.7 Å². The minimum Gasteiger partial charge on any atom is -0.466 e. The van der Waals surface area contributed by atoms with E-state index in [4.69, 9.17) is 4.74 Å². The van der Waals surface area contributed by atoms with E-state index in [1.165, 1.54) is 5.56 Å². The highest BCUT2D eigenvalue weighted by Gasteiger charge is 2.44. The fraction of sp³-hybridized carbons (Fsp3) is 0.433. The van der Waals surface area contributed by atoms with E-state index in [1.807, 2.05) is 65.0 Å². The van der Waals surface area contributed by atoms with Crippen LogP contribution in [0, 0.1) is 5.41 Å². The molecule has 2 aliphatic rings. The van der Waals surface area contributed by atoms with Crippen LogP contribution in [-0.4, -0.2) is 46.3 Å². The minimum atomic E-state index is -0.620. The number of likely N-dealkylation sites (tertiary alicyclic amines) is 1. The first-order valence-electron chi connectivity index (χ1n) is 13.2. The highest BCUT2D eigenvalue weighted by atomic mass is 16.5. The fourth-order valence-corrected chi connectivity index (χ4v) is 5.82. The molecular formula is C30H36N4O3. The second-order valence-electron chi connectivity index (χ2n) is 10.9. The van der Waals surface area contributed by atoms with Gasteiger partial charge < -0.3 is 15.0 Å². The molecule has 1 atom stereocenters. The van der Waals surface area contributed by atoms with Gasteiger partial charge in [-0.05, 0) is 57.6 Å². The topological polar surface area (TPSA) is 76.5 Å². The van der Waals surface area contributed by atoms with Crippen molar-refractivity contribution in [1.29, 1.82) is 0 Å². The lowest BCUT2D eigenvalue weighted by Gasteiger charge is -2.41. The van der Waals surface area contributed by atoms with Gasteiger partial charge in [0, 0.05) is 13.1 Å². The summed E-state index contributed by atoms with van der Waals surface area (Å²) in [6, 6.07) is 20.5. The Bertz CT molecular complexity index is 1240. The summed E-state index contributed by atoms with van der Waals surface area (Å²) in [7, 11) is 0. The first-order valence-corrected chi connectivity index (χ1v) is 13.2. The SMILES string of the molecule is CCOC(=O)C1(Cc2ccccc2)CCN(C(=O)c2cnn3c2NC(c2ccccc2)CC3(C)C)CC1. The highest BCUT2D eigenvalue weighted by Crippen LogP contribution is 2.41. The number of rotatable bonds is 6. The third-order valence-corrected chi connectivity index (χ3v) is 7.89. The molecule has 37 heavy (non-hydrogen) atoms. The van der Waals surface area contributed by atoms with Crippen LogP contribution in [0.1, 0.15) is 67.6 Å². The van der Waals surface area contributed by atoms with Gasteiger partial charge in [-0.1, -0.05) is 60.7 Å². The van der Waals surface area contributed by atoms with Crippen LogP contribution < -0.4 is 5.32 Å². The minimum absolute atomic E-state index is 0.0459. The average molecular weight is 501 g/mol. The number of benzene rings is 2. The Hall–Kier alpha value is -3.61. The van der Waals surface area contributed by atoms with Crippen LogP contribution >= 0.6 is 0 Å². The van der Waals surface area contributed by atoms with Gasteiger partial charge in [-0.3, -0.25) is 9.59 Å². The molecule has 2 aromatic carbocycles. The number of amides is 1. The second-order valence-corrected chi connectivity index (χ2v) is 10.9. The number of piperidine rings is 1. The maximum absolute atomic E-state index is 13.8. The summed E-state index contributed by atoms with van der Waals surface area (Å²) in [6.07, 6.45) is 4.32. The lowest BCUT2D eigenvalue weighted by atomic mass is 9.73. The predicted molar refractivity (Wildman–Crippen MR) is 143 cm³/mol. The lowest BCUT2D eigenvalue weighted by molar-refractivity contribution is -0.158. The van der Waals surface area contributed by atoms with Crippen LogP contribution in [0.3, 0.4) is 0 Å². The molecule has 0 aliphatic carbocycles. The summed E-state index contributed by atoms with van der Waals surface area (Å²) >= 11 is 0. The molecule has 2 aliphatic heterocycles. The van der Waals surface area contributed by atoms with Crippen molar-refractivity contribution in [3.63, 3.8) is 0 Å². The van der Waals surface area contributed by atoms with Crippen LogP contribution in [-0.2, 0) is 21.5 Å². The molecule has 0 saturated carbocycles. The number of ether oxygens (including phenoxy) is 1. The van der Waals surface area contributed by atoms with Crippen LogP contribution in [0.25, 0.3) is 0 Å². The summed E-state index contributed by atoms with van der Waals surface area (Å²) in [6.45, 7) is 7.51. The Morgan fingerprint density at radius 1 is 1.03 bits per heavy atom. The zero-order valence-corrected chi connectivity index (χ0v) is 21.9. The number of nitrogens with one attached hydrogen (secondary N) is 1. The van der Waals surface area contributed by atoms with Gasteiger partial charge in [-0.15, -0.1) is 0 Å². The number of carbonyl (C=O) groups is 2. The summed E-state index contributed by atoms with van der Waals surface area (Å²) in [5, 5.41) is 8.22. The van der Waals surface area contributed by atoms with E-state index in [2.05, 4.69) is 36.4 Å². The van der Waals surface area contributed by atoms with Crippen molar-refractivity contribution in [2.45, 2.75) is 58.0 Å². The molecule has 0 bridgehead atoms. The maximum Gasteiger partial charge on any atom is 0.312 e. The quantitative estimate of drug-likeness (QED) is 0.471. The zero-order valence-electron chi connectivity index (χ0n) is 21.9. The van der Waals surface area contributed by atoms with E-state index in [1.54, 1.807) is 6.20 Å². The number of carbonyl (C=O) groups excluding carboxylic acids is 2. The van der Waals surface area contributed by atoms with E-state index in [0.29, 0.717) is 44.5 Å². The first kappa shape index (κ1) is 25.1. The number of nitrogens with zero attached hydrogens (tertiary/aromatic N) is 3. The summed E-state index contributed by atoms with van der Waals surface area (Å²) in [5.41, 5.74) is 2.03. The molecule has 5 rings (SSSR count). The monoisotopic (exact) mass is 500 g/mol. The molecule has 1 saturated heterocycles.